The molecule has 1 rings (SSSR count). The molecule has 0 aliphatic heterocycles. The molecular formula is C12H15Br2NO3S. The molecule has 0 spiro atoms. The van der Waals surface area contributed by atoms with E-state index >= 15 is 0 Å². The molecule has 0 aliphatic rings. The average molecular weight is 413 g/mol. The summed E-state index contributed by atoms with van der Waals surface area (Å²) in [4.78, 5) is 25.7. The van der Waals surface area contributed by atoms with Gasteiger partial charge in [-0.1, -0.05) is 0 Å². The number of likely N-dealkylation sites (N-methyl/N-ethyl adjacent to an activating group) is 1. The molecule has 7 heteroatoms. The van der Waals surface area contributed by atoms with Crippen molar-refractivity contribution in [2.24, 2.45) is 0 Å². The van der Waals surface area contributed by atoms with Crippen LogP contribution in [0.3, 0.4) is 0 Å². The van der Waals surface area contributed by atoms with E-state index in [4.69, 9.17) is 4.74 Å². The minimum absolute atomic E-state index is 0.0662. The second kappa shape index (κ2) is 6.37. The number of halogens is 2. The maximum Gasteiger partial charge on any atom is 0.326 e. The standard InChI is InChI=1S/C12H15Br2NO3S/c1-12(2,3)18-9(16)6-15(4)11(17)8-5-7(13)10(14)19-8/h5H,6H2,1-4H3. The summed E-state index contributed by atoms with van der Waals surface area (Å²) in [5.41, 5.74) is -0.546. The number of hydrogen-bond donors (Lipinski definition) is 0. The van der Waals surface area contributed by atoms with Gasteiger partial charge in [0.1, 0.15) is 12.1 Å². The second-order valence-electron chi connectivity index (χ2n) is 4.98. The molecule has 4 nitrogen and oxygen atoms in total. The number of carbonyl (C=O) groups excluding carboxylic acids is 2. The fraction of sp³-hybridized carbons (Fsp3) is 0.500. The molecule has 0 N–H and O–H groups in total. The lowest BCUT2D eigenvalue weighted by molar-refractivity contribution is -0.155. The molecule has 0 unspecified atom stereocenters. The van der Waals surface area contributed by atoms with Crippen molar-refractivity contribution in [3.63, 3.8) is 0 Å². The van der Waals surface area contributed by atoms with Gasteiger partial charge in [0.15, 0.2) is 0 Å². The van der Waals surface area contributed by atoms with Crippen LogP contribution in [-0.4, -0.2) is 36.0 Å². The Kier molecular flexibility index (Phi) is 5.58. The van der Waals surface area contributed by atoms with Crippen LogP contribution in [0.1, 0.15) is 30.4 Å². The highest BCUT2D eigenvalue weighted by molar-refractivity contribution is 9.13. The first-order chi connectivity index (χ1) is 8.60. The van der Waals surface area contributed by atoms with Gasteiger partial charge >= 0.3 is 5.97 Å². The highest BCUT2D eigenvalue weighted by Crippen LogP contribution is 2.32. The summed E-state index contributed by atoms with van der Waals surface area (Å²) >= 11 is 7.98. The first-order valence-electron chi connectivity index (χ1n) is 5.52. The normalized spacial score (nSPS) is 11.3. The topological polar surface area (TPSA) is 46.6 Å². The summed E-state index contributed by atoms with van der Waals surface area (Å²) in [6.07, 6.45) is 0. The summed E-state index contributed by atoms with van der Waals surface area (Å²) in [5, 5.41) is 0. The SMILES string of the molecule is CN(CC(=O)OC(C)(C)C)C(=O)c1cc(Br)c(Br)s1. The first kappa shape index (κ1) is 16.7. The number of rotatable bonds is 3. The number of thiophene rings is 1. The molecule has 0 aliphatic carbocycles. The predicted molar refractivity (Wildman–Crippen MR) is 82.5 cm³/mol. The molecule has 1 aromatic rings. The molecular weight excluding hydrogens is 398 g/mol. The molecule has 0 saturated heterocycles. The molecule has 0 aromatic carbocycles. The third-order valence-electron chi connectivity index (χ3n) is 1.99. The van der Waals surface area contributed by atoms with Crippen LogP contribution in [0, 0.1) is 0 Å². The predicted octanol–water partition coefficient (Wildman–Crippen LogP) is 3.69. The van der Waals surface area contributed by atoms with Gasteiger partial charge in [-0.05, 0) is 58.7 Å². The Bertz CT molecular complexity index is 474. The van der Waals surface area contributed by atoms with E-state index in [0.717, 1.165) is 8.26 Å². The molecule has 1 amide bonds. The van der Waals surface area contributed by atoms with E-state index in [-0.39, 0.29) is 12.5 Å². The van der Waals surface area contributed by atoms with Gasteiger partial charge in [0.2, 0.25) is 0 Å². The molecule has 1 heterocycles. The minimum Gasteiger partial charge on any atom is -0.459 e. The monoisotopic (exact) mass is 411 g/mol. The zero-order chi connectivity index (χ0) is 14.8. The lowest BCUT2D eigenvalue weighted by Gasteiger charge is -2.22. The molecule has 0 bridgehead atoms. The van der Waals surface area contributed by atoms with E-state index in [1.54, 1.807) is 33.9 Å². The zero-order valence-corrected chi connectivity index (χ0v) is 15.1. The minimum atomic E-state index is -0.546. The first-order valence-corrected chi connectivity index (χ1v) is 7.92. The Morgan fingerprint density at radius 1 is 1.37 bits per heavy atom. The van der Waals surface area contributed by atoms with Crippen molar-refractivity contribution in [1.82, 2.24) is 4.90 Å². The lowest BCUT2D eigenvalue weighted by Crippen LogP contribution is -2.35. The number of ether oxygens (including phenoxy) is 1. The quantitative estimate of drug-likeness (QED) is 0.711. The van der Waals surface area contributed by atoms with Crippen LogP contribution < -0.4 is 0 Å². The highest BCUT2D eigenvalue weighted by Gasteiger charge is 2.22. The van der Waals surface area contributed by atoms with Crippen LogP contribution in [0.25, 0.3) is 0 Å². The Morgan fingerprint density at radius 2 is 1.95 bits per heavy atom. The third-order valence-corrected chi connectivity index (χ3v) is 5.23. The Balaban J connectivity index is 2.65. The molecule has 0 atom stereocenters. The van der Waals surface area contributed by atoms with Crippen molar-refractivity contribution in [3.05, 3.63) is 19.2 Å². The number of carbonyl (C=O) groups is 2. The highest BCUT2D eigenvalue weighted by atomic mass is 79.9. The number of amides is 1. The van der Waals surface area contributed by atoms with Gasteiger partial charge in [-0.2, -0.15) is 0 Å². The Hall–Kier alpha value is -0.400. The van der Waals surface area contributed by atoms with Gasteiger partial charge in [0.05, 0.1) is 8.66 Å². The molecule has 1 aromatic heterocycles. The van der Waals surface area contributed by atoms with Crippen LogP contribution in [0.15, 0.2) is 14.3 Å². The zero-order valence-electron chi connectivity index (χ0n) is 11.1. The summed E-state index contributed by atoms with van der Waals surface area (Å²) in [5.74, 6) is -0.625. The van der Waals surface area contributed by atoms with Gasteiger partial charge in [-0.25, -0.2) is 0 Å². The van der Waals surface area contributed by atoms with Crippen LogP contribution >= 0.6 is 43.2 Å². The number of hydrogen-bond acceptors (Lipinski definition) is 4. The van der Waals surface area contributed by atoms with Gasteiger partial charge in [0.25, 0.3) is 5.91 Å². The van der Waals surface area contributed by atoms with Gasteiger partial charge in [-0.15, -0.1) is 11.3 Å². The molecule has 0 saturated carbocycles. The number of nitrogens with zero attached hydrogens (tertiary/aromatic N) is 1. The third kappa shape index (κ3) is 5.24. The molecule has 0 fully saturated rings. The summed E-state index contributed by atoms with van der Waals surface area (Å²) < 4.78 is 6.85. The van der Waals surface area contributed by atoms with E-state index in [1.807, 2.05) is 0 Å². The van der Waals surface area contributed by atoms with Crippen LogP contribution in [0.5, 0.6) is 0 Å². The smallest absolute Gasteiger partial charge is 0.326 e. The van der Waals surface area contributed by atoms with E-state index < -0.39 is 11.6 Å². The van der Waals surface area contributed by atoms with Crippen molar-refractivity contribution in [3.8, 4) is 0 Å². The lowest BCUT2D eigenvalue weighted by atomic mass is 10.2. The van der Waals surface area contributed by atoms with Crippen molar-refractivity contribution in [1.29, 1.82) is 0 Å². The largest absolute Gasteiger partial charge is 0.459 e. The van der Waals surface area contributed by atoms with Crippen molar-refractivity contribution >= 4 is 55.1 Å². The van der Waals surface area contributed by atoms with Crippen molar-refractivity contribution in [2.75, 3.05) is 13.6 Å². The van der Waals surface area contributed by atoms with E-state index in [9.17, 15) is 9.59 Å². The fourth-order valence-corrected chi connectivity index (χ4v) is 3.31. The van der Waals surface area contributed by atoms with E-state index in [2.05, 4.69) is 31.9 Å². The molecule has 106 valence electrons. The fourth-order valence-electron chi connectivity index (χ4n) is 1.28. The van der Waals surface area contributed by atoms with Gasteiger partial charge in [0, 0.05) is 11.5 Å². The summed E-state index contributed by atoms with van der Waals surface area (Å²) in [6.45, 7) is 5.31. The second-order valence-corrected chi connectivity index (χ2v) is 8.20. The van der Waals surface area contributed by atoms with Gasteiger partial charge in [-0.3, -0.25) is 9.59 Å². The van der Waals surface area contributed by atoms with Crippen molar-refractivity contribution < 1.29 is 14.3 Å². The molecule has 19 heavy (non-hydrogen) atoms. The summed E-state index contributed by atoms with van der Waals surface area (Å²) in [6, 6.07) is 1.72. The van der Waals surface area contributed by atoms with Gasteiger partial charge < -0.3 is 9.64 Å². The van der Waals surface area contributed by atoms with E-state index in [0.29, 0.717) is 4.88 Å². The van der Waals surface area contributed by atoms with Crippen LogP contribution in [0.2, 0.25) is 0 Å². The Morgan fingerprint density at radius 3 is 2.37 bits per heavy atom. The average Bonchev–Trinajstić information content (AvgIpc) is 2.55. The van der Waals surface area contributed by atoms with E-state index in [1.165, 1.54) is 16.2 Å². The Labute approximate surface area is 133 Å². The summed E-state index contributed by atoms with van der Waals surface area (Å²) in [7, 11) is 1.58. The van der Waals surface area contributed by atoms with Crippen LogP contribution in [-0.2, 0) is 9.53 Å². The number of esters is 1. The maximum absolute atomic E-state index is 12.1. The molecule has 0 radical (unpaired) electrons. The van der Waals surface area contributed by atoms with Crippen LogP contribution in [0.4, 0.5) is 0 Å². The van der Waals surface area contributed by atoms with Crippen molar-refractivity contribution in [2.45, 2.75) is 26.4 Å². The maximum atomic E-state index is 12.1.